The van der Waals surface area contributed by atoms with Gasteiger partial charge < -0.3 is 14.5 Å². The third-order valence-corrected chi connectivity index (χ3v) is 2.88. The average Bonchev–Trinajstić information content (AvgIpc) is 2.68. The van der Waals surface area contributed by atoms with E-state index >= 15 is 0 Å². The molecule has 3 nitrogen and oxygen atoms in total. The fourth-order valence-electron chi connectivity index (χ4n) is 1.52. The highest BCUT2D eigenvalue weighted by molar-refractivity contribution is 9.10. The molecule has 0 bridgehead atoms. The van der Waals surface area contributed by atoms with Gasteiger partial charge in [-0.25, -0.2) is 0 Å². The van der Waals surface area contributed by atoms with Gasteiger partial charge in [0.1, 0.15) is 12.4 Å². The number of hydrogen-bond donors (Lipinski definition) is 1. The molecule has 0 radical (unpaired) electrons. The smallest absolute Gasteiger partial charge is 0.411 e. The molecule has 0 aliphatic heterocycles. The van der Waals surface area contributed by atoms with Crippen LogP contribution < -0.4 is 5.32 Å². The van der Waals surface area contributed by atoms with Crippen LogP contribution in [0.25, 0.3) is 0 Å². The summed E-state index contributed by atoms with van der Waals surface area (Å²) in [5, 5.41) is 3.14. The first-order valence-electron chi connectivity index (χ1n) is 5.54. The zero-order valence-corrected chi connectivity index (χ0v) is 11.5. The van der Waals surface area contributed by atoms with Crippen molar-refractivity contribution in [1.29, 1.82) is 0 Å². The Labute approximate surface area is 112 Å². The molecule has 1 unspecified atom stereocenters. The molecule has 1 aromatic rings. The summed E-state index contributed by atoms with van der Waals surface area (Å²) >= 11 is 3.32. The van der Waals surface area contributed by atoms with Gasteiger partial charge in [0.2, 0.25) is 0 Å². The van der Waals surface area contributed by atoms with Crippen molar-refractivity contribution in [3.63, 3.8) is 0 Å². The lowest BCUT2D eigenvalue weighted by Crippen LogP contribution is -2.24. The van der Waals surface area contributed by atoms with Crippen molar-refractivity contribution < 1.29 is 22.3 Å². The second kappa shape index (κ2) is 7.16. The number of hydrogen-bond acceptors (Lipinski definition) is 3. The summed E-state index contributed by atoms with van der Waals surface area (Å²) in [4.78, 5) is 0. The summed E-state index contributed by atoms with van der Waals surface area (Å²) in [6, 6.07) is 1.59. The Kier molecular flexibility index (Phi) is 6.17. The largest absolute Gasteiger partial charge is 0.466 e. The van der Waals surface area contributed by atoms with Gasteiger partial charge in [-0.15, -0.1) is 0 Å². The quantitative estimate of drug-likeness (QED) is 0.775. The van der Waals surface area contributed by atoms with Gasteiger partial charge in [0.05, 0.1) is 16.8 Å². The number of furan rings is 1. The molecule has 104 valence electrons. The van der Waals surface area contributed by atoms with Crippen LogP contribution in [-0.4, -0.2) is 25.9 Å². The molecule has 1 heterocycles. The zero-order valence-electron chi connectivity index (χ0n) is 9.89. The molecule has 7 heteroatoms. The third-order valence-electron chi connectivity index (χ3n) is 2.23. The minimum atomic E-state index is -4.28. The lowest BCUT2D eigenvalue weighted by atomic mass is 10.1. The van der Waals surface area contributed by atoms with Gasteiger partial charge in [0.15, 0.2) is 0 Å². The number of alkyl halides is 3. The molecule has 0 spiro atoms. The molecule has 0 saturated carbocycles. The molecule has 18 heavy (non-hydrogen) atoms. The van der Waals surface area contributed by atoms with E-state index in [1.54, 1.807) is 6.07 Å². The maximum absolute atomic E-state index is 11.9. The summed E-state index contributed by atoms with van der Waals surface area (Å²) in [5.74, 6) is 0.674. The van der Waals surface area contributed by atoms with Crippen LogP contribution in [0.15, 0.2) is 21.2 Å². The van der Waals surface area contributed by atoms with Gasteiger partial charge in [-0.2, -0.15) is 13.2 Å². The minimum Gasteiger partial charge on any atom is -0.466 e. The topological polar surface area (TPSA) is 34.4 Å². The first-order chi connectivity index (χ1) is 8.44. The molecule has 0 aromatic carbocycles. The standard InChI is InChI=1S/C11H15BrF3NO2/c1-2-16-9(10-8(12)3-6-18-10)4-5-17-7-11(13,14)15/h3,6,9,16H,2,4-5,7H2,1H3. The Bertz CT molecular complexity index is 354. The molecule has 1 atom stereocenters. The van der Waals surface area contributed by atoms with E-state index in [-0.39, 0.29) is 12.6 Å². The van der Waals surface area contributed by atoms with Crippen LogP contribution in [0.2, 0.25) is 0 Å². The maximum atomic E-state index is 11.9. The molecule has 1 rings (SSSR count). The number of rotatable bonds is 7. The highest BCUT2D eigenvalue weighted by atomic mass is 79.9. The lowest BCUT2D eigenvalue weighted by molar-refractivity contribution is -0.174. The number of nitrogens with one attached hydrogen (secondary N) is 1. The average molecular weight is 330 g/mol. The predicted molar refractivity (Wildman–Crippen MR) is 64.3 cm³/mol. The number of halogens is 4. The van der Waals surface area contributed by atoms with Crippen LogP contribution in [0.5, 0.6) is 0 Å². The third kappa shape index (κ3) is 5.41. The van der Waals surface area contributed by atoms with E-state index in [9.17, 15) is 13.2 Å². The minimum absolute atomic E-state index is 0.0182. The van der Waals surface area contributed by atoms with Crippen LogP contribution in [0.3, 0.4) is 0 Å². The molecule has 0 saturated heterocycles. The Morgan fingerprint density at radius 2 is 2.22 bits per heavy atom. The summed E-state index contributed by atoms with van der Waals surface area (Å²) in [7, 11) is 0. The van der Waals surface area contributed by atoms with Crippen LogP contribution in [0.1, 0.15) is 25.1 Å². The molecule has 1 N–H and O–H groups in total. The summed E-state index contributed by atoms with van der Waals surface area (Å²) < 4.78 is 46.4. The van der Waals surface area contributed by atoms with E-state index < -0.39 is 12.8 Å². The van der Waals surface area contributed by atoms with E-state index in [0.717, 1.165) is 4.47 Å². The summed E-state index contributed by atoms with van der Waals surface area (Å²) in [6.45, 7) is 1.41. The van der Waals surface area contributed by atoms with Crippen molar-refractivity contribution in [3.05, 3.63) is 22.6 Å². The molecule has 0 aliphatic rings. The van der Waals surface area contributed by atoms with Crippen molar-refractivity contribution in [2.75, 3.05) is 19.8 Å². The van der Waals surface area contributed by atoms with Crippen molar-refractivity contribution >= 4 is 15.9 Å². The molecule has 0 aliphatic carbocycles. The Balaban J connectivity index is 2.42. The second-order valence-corrected chi connectivity index (χ2v) is 4.55. The van der Waals surface area contributed by atoms with Crippen molar-refractivity contribution in [2.45, 2.75) is 25.6 Å². The fraction of sp³-hybridized carbons (Fsp3) is 0.636. The Hall–Kier alpha value is -0.530. The van der Waals surface area contributed by atoms with Crippen molar-refractivity contribution in [1.82, 2.24) is 5.32 Å². The predicted octanol–water partition coefficient (Wildman–Crippen LogP) is 3.66. The molecular weight excluding hydrogens is 315 g/mol. The number of ether oxygens (including phenoxy) is 1. The van der Waals surface area contributed by atoms with Gasteiger partial charge in [0.25, 0.3) is 0 Å². The Morgan fingerprint density at radius 1 is 1.50 bits per heavy atom. The van der Waals surface area contributed by atoms with Gasteiger partial charge >= 0.3 is 6.18 Å². The normalized spacial score (nSPS) is 13.8. The van der Waals surface area contributed by atoms with Gasteiger partial charge in [-0.05, 0) is 35.0 Å². The first-order valence-corrected chi connectivity index (χ1v) is 6.34. The maximum Gasteiger partial charge on any atom is 0.411 e. The van der Waals surface area contributed by atoms with E-state index in [4.69, 9.17) is 4.42 Å². The first kappa shape index (κ1) is 15.5. The van der Waals surface area contributed by atoms with Crippen LogP contribution in [0, 0.1) is 0 Å². The van der Waals surface area contributed by atoms with Crippen LogP contribution in [0.4, 0.5) is 13.2 Å². The Morgan fingerprint density at radius 3 is 2.72 bits per heavy atom. The summed E-state index contributed by atoms with van der Waals surface area (Å²) in [6.07, 6.45) is -2.34. The molecule has 1 aromatic heterocycles. The fourth-order valence-corrected chi connectivity index (χ4v) is 1.99. The van der Waals surface area contributed by atoms with Crippen LogP contribution in [-0.2, 0) is 4.74 Å². The van der Waals surface area contributed by atoms with Gasteiger partial charge in [-0.3, -0.25) is 0 Å². The highest BCUT2D eigenvalue weighted by Crippen LogP contribution is 2.26. The SMILES string of the molecule is CCNC(CCOCC(F)(F)F)c1occc1Br. The molecule has 0 amide bonds. The molecule has 0 fully saturated rings. The van der Waals surface area contributed by atoms with Crippen LogP contribution >= 0.6 is 15.9 Å². The lowest BCUT2D eigenvalue weighted by Gasteiger charge is -2.16. The monoisotopic (exact) mass is 329 g/mol. The summed E-state index contributed by atoms with van der Waals surface area (Å²) in [5.41, 5.74) is 0. The van der Waals surface area contributed by atoms with Gasteiger partial charge in [-0.1, -0.05) is 6.92 Å². The molecular formula is C11H15BrF3NO2. The zero-order chi connectivity index (χ0) is 13.6. The van der Waals surface area contributed by atoms with E-state index in [1.807, 2.05) is 6.92 Å². The highest BCUT2D eigenvalue weighted by Gasteiger charge is 2.27. The van der Waals surface area contributed by atoms with E-state index in [0.29, 0.717) is 18.7 Å². The van der Waals surface area contributed by atoms with Crippen molar-refractivity contribution in [2.24, 2.45) is 0 Å². The van der Waals surface area contributed by atoms with Crippen molar-refractivity contribution in [3.8, 4) is 0 Å². The van der Waals surface area contributed by atoms with E-state index in [2.05, 4.69) is 26.0 Å². The second-order valence-electron chi connectivity index (χ2n) is 3.70. The van der Waals surface area contributed by atoms with E-state index in [1.165, 1.54) is 6.26 Å². The van der Waals surface area contributed by atoms with Gasteiger partial charge in [0, 0.05) is 6.61 Å².